The molecule has 1 saturated heterocycles. The predicted molar refractivity (Wildman–Crippen MR) is 69.4 cm³/mol. The van der Waals surface area contributed by atoms with E-state index in [2.05, 4.69) is 0 Å². The highest BCUT2D eigenvalue weighted by molar-refractivity contribution is 7.89. The fraction of sp³-hybridized carbons (Fsp3) is 0.500. The van der Waals surface area contributed by atoms with Crippen LogP contribution in [-0.4, -0.2) is 37.5 Å². The Morgan fingerprint density at radius 3 is 2.53 bits per heavy atom. The molecule has 0 spiro atoms. The lowest BCUT2D eigenvalue weighted by Crippen LogP contribution is -2.39. The molecular formula is C12H17FN2O3S. The highest BCUT2D eigenvalue weighted by Crippen LogP contribution is 2.25. The molecule has 7 heteroatoms. The van der Waals surface area contributed by atoms with Gasteiger partial charge in [0.1, 0.15) is 10.7 Å². The van der Waals surface area contributed by atoms with Crippen LogP contribution >= 0.6 is 0 Å². The van der Waals surface area contributed by atoms with E-state index in [1.165, 1.54) is 16.4 Å². The Kier molecular flexibility index (Phi) is 4.07. The van der Waals surface area contributed by atoms with Crippen molar-refractivity contribution in [2.45, 2.75) is 17.7 Å². The first-order chi connectivity index (χ1) is 8.95. The SMILES string of the molecule is Nc1ccc(S(=O)(=O)N2CCC(CO)CC2)c(F)c1. The summed E-state index contributed by atoms with van der Waals surface area (Å²) in [4.78, 5) is -0.343. The molecule has 0 aromatic heterocycles. The van der Waals surface area contributed by atoms with E-state index in [1.807, 2.05) is 0 Å². The Morgan fingerprint density at radius 1 is 1.37 bits per heavy atom. The van der Waals surface area contributed by atoms with Crippen LogP contribution in [0.4, 0.5) is 10.1 Å². The molecule has 19 heavy (non-hydrogen) atoms. The molecule has 1 aliphatic heterocycles. The van der Waals surface area contributed by atoms with Crippen LogP contribution in [0.15, 0.2) is 23.1 Å². The molecule has 0 radical (unpaired) electrons. The molecule has 0 unspecified atom stereocenters. The van der Waals surface area contributed by atoms with E-state index in [0.717, 1.165) is 6.07 Å². The summed E-state index contributed by atoms with van der Waals surface area (Å²) in [7, 11) is -3.82. The summed E-state index contributed by atoms with van der Waals surface area (Å²) in [6.45, 7) is 0.666. The van der Waals surface area contributed by atoms with Crippen molar-refractivity contribution in [2.24, 2.45) is 5.92 Å². The average molecular weight is 288 g/mol. The zero-order valence-corrected chi connectivity index (χ0v) is 11.2. The third kappa shape index (κ3) is 2.88. The minimum Gasteiger partial charge on any atom is -0.399 e. The minimum atomic E-state index is -3.82. The van der Waals surface area contributed by atoms with E-state index in [0.29, 0.717) is 25.9 Å². The predicted octanol–water partition coefficient (Wildman–Crippen LogP) is 0.801. The molecule has 3 N–H and O–H groups in total. The average Bonchev–Trinajstić information content (AvgIpc) is 2.38. The van der Waals surface area contributed by atoms with Crippen LogP contribution in [0.2, 0.25) is 0 Å². The standard InChI is InChI=1S/C12H17FN2O3S/c13-11-7-10(14)1-2-12(11)19(17,18)15-5-3-9(8-16)4-6-15/h1-2,7,9,16H,3-6,8,14H2. The first kappa shape index (κ1) is 14.2. The number of nitrogen functional groups attached to an aromatic ring is 1. The molecule has 106 valence electrons. The van der Waals surface area contributed by atoms with Crippen molar-refractivity contribution >= 4 is 15.7 Å². The minimum absolute atomic E-state index is 0.0596. The fourth-order valence-electron chi connectivity index (χ4n) is 2.20. The third-order valence-corrected chi connectivity index (χ3v) is 5.34. The van der Waals surface area contributed by atoms with Gasteiger partial charge in [-0.25, -0.2) is 12.8 Å². The van der Waals surface area contributed by atoms with Gasteiger partial charge in [-0.1, -0.05) is 0 Å². The van der Waals surface area contributed by atoms with Crippen LogP contribution in [0.25, 0.3) is 0 Å². The fourth-order valence-corrected chi connectivity index (χ4v) is 3.71. The van der Waals surface area contributed by atoms with E-state index < -0.39 is 15.8 Å². The Balaban J connectivity index is 2.23. The first-order valence-corrected chi connectivity index (χ1v) is 7.55. The van der Waals surface area contributed by atoms with E-state index in [4.69, 9.17) is 10.8 Å². The van der Waals surface area contributed by atoms with Gasteiger partial charge in [-0.2, -0.15) is 4.31 Å². The van der Waals surface area contributed by atoms with E-state index >= 15 is 0 Å². The molecule has 0 amide bonds. The summed E-state index contributed by atoms with van der Waals surface area (Å²) in [5, 5.41) is 9.03. The molecule has 1 aromatic carbocycles. The monoisotopic (exact) mass is 288 g/mol. The molecule has 5 nitrogen and oxygen atoms in total. The van der Waals surface area contributed by atoms with Crippen LogP contribution in [-0.2, 0) is 10.0 Å². The van der Waals surface area contributed by atoms with Crippen molar-refractivity contribution in [3.8, 4) is 0 Å². The molecule has 1 fully saturated rings. The molecule has 0 atom stereocenters. The number of aliphatic hydroxyl groups excluding tert-OH is 1. The van der Waals surface area contributed by atoms with Gasteiger partial charge in [0.2, 0.25) is 10.0 Å². The van der Waals surface area contributed by atoms with Gasteiger partial charge in [-0.05, 0) is 37.0 Å². The number of hydrogen-bond donors (Lipinski definition) is 2. The summed E-state index contributed by atoms with van der Waals surface area (Å²) in [5.74, 6) is -0.702. The molecule has 1 heterocycles. The number of hydrogen-bond acceptors (Lipinski definition) is 4. The Bertz CT molecular complexity index is 554. The Morgan fingerprint density at radius 2 is 2.00 bits per heavy atom. The number of aliphatic hydroxyl groups is 1. The number of sulfonamides is 1. The highest BCUT2D eigenvalue weighted by atomic mass is 32.2. The Hall–Kier alpha value is -1.18. The second kappa shape index (κ2) is 5.44. The van der Waals surface area contributed by atoms with Crippen molar-refractivity contribution < 1.29 is 17.9 Å². The lowest BCUT2D eigenvalue weighted by atomic mass is 10.00. The van der Waals surface area contributed by atoms with E-state index in [9.17, 15) is 12.8 Å². The topological polar surface area (TPSA) is 83.6 Å². The molecule has 0 saturated carbocycles. The van der Waals surface area contributed by atoms with Crippen molar-refractivity contribution in [2.75, 3.05) is 25.4 Å². The lowest BCUT2D eigenvalue weighted by molar-refractivity contribution is 0.170. The number of anilines is 1. The van der Waals surface area contributed by atoms with Gasteiger partial charge < -0.3 is 10.8 Å². The summed E-state index contributed by atoms with van der Waals surface area (Å²) in [6.07, 6.45) is 1.18. The van der Waals surface area contributed by atoms with Crippen LogP contribution in [0.5, 0.6) is 0 Å². The van der Waals surface area contributed by atoms with E-state index in [-0.39, 0.29) is 23.1 Å². The van der Waals surface area contributed by atoms with Crippen molar-refractivity contribution in [1.29, 1.82) is 0 Å². The summed E-state index contributed by atoms with van der Waals surface area (Å²) in [5.41, 5.74) is 5.60. The van der Waals surface area contributed by atoms with Gasteiger partial charge in [0, 0.05) is 25.4 Å². The van der Waals surface area contributed by atoms with Crippen LogP contribution in [0.1, 0.15) is 12.8 Å². The smallest absolute Gasteiger partial charge is 0.245 e. The maximum absolute atomic E-state index is 13.7. The second-order valence-electron chi connectivity index (χ2n) is 4.72. The number of rotatable bonds is 3. The zero-order valence-electron chi connectivity index (χ0n) is 10.4. The molecule has 1 aromatic rings. The van der Waals surface area contributed by atoms with Crippen molar-refractivity contribution in [3.05, 3.63) is 24.0 Å². The van der Waals surface area contributed by atoms with Crippen LogP contribution < -0.4 is 5.73 Å². The van der Waals surface area contributed by atoms with E-state index in [1.54, 1.807) is 0 Å². The normalized spacial score (nSPS) is 18.6. The molecule has 0 aliphatic carbocycles. The van der Waals surface area contributed by atoms with Gasteiger partial charge in [0.05, 0.1) is 0 Å². The van der Waals surface area contributed by atoms with Gasteiger partial charge in [0.25, 0.3) is 0 Å². The van der Waals surface area contributed by atoms with Crippen molar-refractivity contribution in [1.82, 2.24) is 4.31 Å². The zero-order chi connectivity index (χ0) is 14.0. The first-order valence-electron chi connectivity index (χ1n) is 6.11. The summed E-state index contributed by atoms with van der Waals surface area (Å²) < 4.78 is 39.6. The summed E-state index contributed by atoms with van der Waals surface area (Å²) in [6, 6.07) is 3.57. The molecule has 0 bridgehead atoms. The lowest BCUT2D eigenvalue weighted by Gasteiger charge is -2.30. The number of benzene rings is 1. The quantitative estimate of drug-likeness (QED) is 0.806. The number of nitrogens with zero attached hydrogens (tertiary/aromatic N) is 1. The highest BCUT2D eigenvalue weighted by Gasteiger charge is 2.31. The summed E-state index contributed by atoms with van der Waals surface area (Å²) >= 11 is 0. The van der Waals surface area contributed by atoms with Gasteiger partial charge in [-0.15, -0.1) is 0 Å². The van der Waals surface area contributed by atoms with Gasteiger partial charge >= 0.3 is 0 Å². The third-order valence-electron chi connectivity index (χ3n) is 3.41. The van der Waals surface area contributed by atoms with Gasteiger partial charge in [-0.3, -0.25) is 0 Å². The maximum Gasteiger partial charge on any atom is 0.245 e. The molecular weight excluding hydrogens is 271 g/mol. The number of nitrogens with two attached hydrogens (primary N) is 1. The molecule has 1 aliphatic rings. The number of piperidine rings is 1. The van der Waals surface area contributed by atoms with Crippen LogP contribution in [0.3, 0.4) is 0 Å². The van der Waals surface area contributed by atoms with Crippen LogP contribution in [0, 0.1) is 11.7 Å². The largest absolute Gasteiger partial charge is 0.399 e. The Labute approximate surface area is 111 Å². The number of halogens is 1. The molecule has 2 rings (SSSR count). The second-order valence-corrected chi connectivity index (χ2v) is 6.63. The maximum atomic E-state index is 13.7. The van der Waals surface area contributed by atoms with Crippen molar-refractivity contribution in [3.63, 3.8) is 0 Å². The van der Waals surface area contributed by atoms with Gasteiger partial charge in [0.15, 0.2) is 0 Å².